The maximum Gasteiger partial charge on any atom is 0.0558 e. The van der Waals surface area contributed by atoms with Crippen LogP contribution in [0.25, 0.3) is 0 Å². The molecule has 140 valence electrons. The predicted molar refractivity (Wildman–Crippen MR) is 107 cm³/mol. The number of likely N-dealkylation sites (N-methyl/N-ethyl adjacent to an activating group) is 2. The van der Waals surface area contributed by atoms with E-state index in [-0.39, 0.29) is 0 Å². The Morgan fingerprint density at radius 3 is 1.65 bits per heavy atom. The Balaban J connectivity index is 1.68. The third kappa shape index (κ3) is 5.17. The van der Waals surface area contributed by atoms with Crippen molar-refractivity contribution in [1.29, 1.82) is 0 Å². The van der Waals surface area contributed by atoms with Crippen LogP contribution in [0.5, 0.6) is 0 Å². The topological polar surface area (TPSA) is 32.3 Å². The van der Waals surface area contributed by atoms with Gasteiger partial charge in [0.15, 0.2) is 0 Å². The van der Waals surface area contributed by atoms with Crippen molar-refractivity contribution in [1.82, 2.24) is 19.8 Å². The predicted octanol–water partition coefficient (Wildman–Crippen LogP) is 4.66. The van der Waals surface area contributed by atoms with E-state index in [0.717, 1.165) is 34.5 Å². The van der Waals surface area contributed by atoms with Crippen molar-refractivity contribution in [3.63, 3.8) is 0 Å². The van der Waals surface area contributed by atoms with Crippen molar-refractivity contribution < 1.29 is 0 Å². The van der Waals surface area contributed by atoms with Gasteiger partial charge in [-0.15, -0.1) is 0 Å². The summed E-state index contributed by atoms with van der Waals surface area (Å²) in [4.78, 5) is 13.8. The number of hydrogen-bond acceptors (Lipinski definition) is 4. The van der Waals surface area contributed by atoms with Gasteiger partial charge in [-0.05, 0) is 51.2 Å². The Morgan fingerprint density at radius 2 is 1.27 bits per heavy atom. The van der Waals surface area contributed by atoms with E-state index in [1.54, 1.807) is 12.4 Å². The van der Waals surface area contributed by atoms with Gasteiger partial charge in [0.25, 0.3) is 0 Å². The van der Waals surface area contributed by atoms with Gasteiger partial charge in [-0.2, -0.15) is 0 Å². The van der Waals surface area contributed by atoms with Gasteiger partial charge in [-0.25, -0.2) is 0 Å². The lowest BCUT2D eigenvalue weighted by molar-refractivity contribution is 0.0680. The first-order valence-electron chi connectivity index (χ1n) is 9.14. The van der Waals surface area contributed by atoms with E-state index in [4.69, 9.17) is 23.2 Å². The van der Waals surface area contributed by atoms with Crippen LogP contribution in [0, 0.1) is 0 Å². The highest BCUT2D eigenvalue weighted by Gasteiger charge is 2.31. The molecule has 1 aliphatic rings. The van der Waals surface area contributed by atoms with Gasteiger partial charge in [-0.3, -0.25) is 19.8 Å². The van der Waals surface area contributed by atoms with Gasteiger partial charge in [0.1, 0.15) is 0 Å². The number of pyridine rings is 2. The number of nitrogens with zero attached hydrogens (tertiary/aromatic N) is 4. The van der Waals surface area contributed by atoms with Gasteiger partial charge >= 0.3 is 0 Å². The average molecular weight is 393 g/mol. The summed E-state index contributed by atoms with van der Waals surface area (Å²) in [7, 11) is 4.38. The molecule has 0 N–H and O–H groups in total. The molecule has 1 aliphatic carbocycles. The number of hydrogen-bond donors (Lipinski definition) is 0. The van der Waals surface area contributed by atoms with Crippen molar-refractivity contribution in [2.24, 2.45) is 0 Å². The van der Waals surface area contributed by atoms with E-state index in [1.807, 2.05) is 24.3 Å². The second-order valence-electron chi connectivity index (χ2n) is 7.18. The van der Waals surface area contributed by atoms with E-state index in [9.17, 15) is 0 Å². The van der Waals surface area contributed by atoms with Crippen LogP contribution in [0.1, 0.15) is 37.1 Å². The summed E-state index contributed by atoms with van der Waals surface area (Å²) in [6.07, 6.45) is 8.52. The molecule has 2 heterocycles. The van der Waals surface area contributed by atoms with Gasteiger partial charge < -0.3 is 0 Å². The number of aromatic nitrogens is 2. The zero-order chi connectivity index (χ0) is 18.5. The van der Waals surface area contributed by atoms with Crippen LogP contribution in [0.4, 0.5) is 0 Å². The Bertz CT molecular complexity index is 663. The fourth-order valence-corrected chi connectivity index (χ4v) is 4.30. The summed E-state index contributed by atoms with van der Waals surface area (Å²) in [6, 6.07) is 8.54. The maximum atomic E-state index is 6.11. The fraction of sp³-hybridized carbons (Fsp3) is 0.500. The van der Waals surface area contributed by atoms with E-state index in [2.05, 4.69) is 33.9 Å². The molecule has 2 aromatic rings. The van der Waals surface area contributed by atoms with Gasteiger partial charge in [0.05, 0.1) is 11.4 Å². The summed E-state index contributed by atoms with van der Waals surface area (Å²) in [5.41, 5.74) is 2.03. The minimum absolute atomic E-state index is 0.494. The lowest BCUT2D eigenvalue weighted by atomic mass is 9.88. The van der Waals surface area contributed by atoms with Crippen LogP contribution in [-0.2, 0) is 13.1 Å². The van der Waals surface area contributed by atoms with Crippen LogP contribution in [-0.4, -0.2) is 45.9 Å². The Hall–Kier alpha value is -1.20. The molecule has 6 heteroatoms. The lowest BCUT2D eigenvalue weighted by Crippen LogP contribution is -2.50. The molecule has 3 rings (SSSR count). The van der Waals surface area contributed by atoms with Gasteiger partial charge in [0, 0.05) is 47.6 Å². The molecule has 1 saturated carbocycles. The second-order valence-corrected chi connectivity index (χ2v) is 8.05. The second kappa shape index (κ2) is 9.14. The largest absolute Gasteiger partial charge is 0.296 e. The first kappa shape index (κ1) is 19.6. The Morgan fingerprint density at radius 1 is 0.846 bits per heavy atom. The van der Waals surface area contributed by atoms with Crippen LogP contribution >= 0.6 is 23.2 Å². The fourth-order valence-electron chi connectivity index (χ4n) is 3.94. The molecule has 0 radical (unpaired) electrons. The molecular formula is C20H26Cl2N4. The van der Waals surface area contributed by atoms with Crippen LogP contribution in [0.15, 0.2) is 36.7 Å². The normalized spacial score (nSPS) is 20.7. The summed E-state index contributed by atoms with van der Waals surface area (Å²) in [5, 5.41) is 1.49. The molecule has 26 heavy (non-hydrogen) atoms. The molecular weight excluding hydrogens is 367 g/mol. The molecule has 4 nitrogen and oxygen atoms in total. The first-order valence-corrected chi connectivity index (χ1v) is 9.90. The standard InChI is InChI=1S/C20H26Cl2N4/c1-25(13-17-11-15(21)7-9-23-17)19-5-3-4-6-20(19)26(2)14-18-12-16(22)8-10-24-18/h7-12,19-20H,3-6,13-14H2,1-2H3. The summed E-state index contributed by atoms with van der Waals surface area (Å²) in [5.74, 6) is 0. The monoisotopic (exact) mass is 392 g/mol. The third-order valence-electron chi connectivity index (χ3n) is 5.21. The highest BCUT2D eigenvalue weighted by molar-refractivity contribution is 6.30. The van der Waals surface area contributed by atoms with Crippen molar-refractivity contribution in [3.8, 4) is 0 Å². The van der Waals surface area contributed by atoms with Crippen LogP contribution in [0.3, 0.4) is 0 Å². The molecule has 0 saturated heterocycles. The molecule has 2 unspecified atom stereocenters. The molecule has 0 spiro atoms. The third-order valence-corrected chi connectivity index (χ3v) is 5.68. The SMILES string of the molecule is CN(Cc1cc(Cl)ccn1)C1CCCCC1N(C)Cc1cc(Cl)ccn1. The van der Waals surface area contributed by atoms with Crippen molar-refractivity contribution in [2.45, 2.75) is 50.9 Å². The highest BCUT2D eigenvalue weighted by atomic mass is 35.5. The van der Waals surface area contributed by atoms with Crippen LogP contribution < -0.4 is 0 Å². The number of rotatable bonds is 6. The van der Waals surface area contributed by atoms with E-state index >= 15 is 0 Å². The molecule has 0 bridgehead atoms. The average Bonchev–Trinajstić information content (AvgIpc) is 2.61. The van der Waals surface area contributed by atoms with Crippen LogP contribution in [0.2, 0.25) is 10.0 Å². The van der Waals surface area contributed by atoms with Crippen molar-refractivity contribution in [3.05, 3.63) is 58.1 Å². The lowest BCUT2D eigenvalue weighted by Gasteiger charge is -2.42. The molecule has 1 fully saturated rings. The molecule has 2 atom stereocenters. The summed E-state index contributed by atoms with van der Waals surface area (Å²) in [6.45, 7) is 1.62. The minimum atomic E-state index is 0.494. The Kier molecular flexibility index (Phi) is 6.87. The molecule has 0 aliphatic heterocycles. The smallest absolute Gasteiger partial charge is 0.0558 e. The van der Waals surface area contributed by atoms with Gasteiger partial charge in [-0.1, -0.05) is 36.0 Å². The maximum absolute atomic E-state index is 6.11. The van der Waals surface area contributed by atoms with Crippen molar-refractivity contribution >= 4 is 23.2 Å². The van der Waals surface area contributed by atoms with Crippen molar-refractivity contribution in [2.75, 3.05) is 14.1 Å². The molecule has 2 aromatic heterocycles. The number of halogens is 2. The first-order chi connectivity index (χ1) is 12.5. The van der Waals surface area contributed by atoms with E-state index < -0.39 is 0 Å². The Labute approximate surface area is 166 Å². The molecule has 0 amide bonds. The van der Waals surface area contributed by atoms with Gasteiger partial charge in [0.2, 0.25) is 0 Å². The zero-order valence-electron chi connectivity index (χ0n) is 15.4. The molecule has 0 aromatic carbocycles. The zero-order valence-corrected chi connectivity index (χ0v) is 16.9. The van der Waals surface area contributed by atoms with E-state index in [1.165, 1.54) is 25.7 Å². The summed E-state index contributed by atoms with van der Waals surface area (Å²) >= 11 is 12.2. The minimum Gasteiger partial charge on any atom is -0.296 e. The highest BCUT2D eigenvalue weighted by Crippen LogP contribution is 2.28. The van der Waals surface area contributed by atoms with E-state index in [0.29, 0.717) is 12.1 Å². The quantitative estimate of drug-likeness (QED) is 0.715. The summed E-state index contributed by atoms with van der Waals surface area (Å²) < 4.78 is 0.